The second-order valence-corrected chi connectivity index (χ2v) is 5.45. The van der Waals surface area contributed by atoms with Gasteiger partial charge in [0.25, 0.3) is 0 Å². The number of hydrogen-bond donors (Lipinski definition) is 0. The molecule has 0 spiro atoms. The fourth-order valence-corrected chi connectivity index (χ4v) is 2.39. The molecule has 80 valence electrons. The van der Waals surface area contributed by atoms with Gasteiger partial charge in [-0.2, -0.15) is 0 Å². The number of aryl methyl sites for hydroxylation is 2. The summed E-state index contributed by atoms with van der Waals surface area (Å²) in [5, 5.41) is 0. The van der Waals surface area contributed by atoms with Crippen molar-refractivity contribution >= 4 is 21.7 Å². The average Bonchev–Trinajstić information content (AvgIpc) is 2.88. The Morgan fingerprint density at radius 3 is 2.47 bits per heavy atom. The summed E-state index contributed by atoms with van der Waals surface area (Å²) < 4.78 is 1.08. The van der Waals surface area contributed by atoms with Crippen LogP contribution in [0.3, 0.4) is 0 Å². The molecule has 1 fully saturated rings. The number of halogens is 1. The molecule has 0 radical (unpaired) electrons. The molecule has 0 saturated heterocycles. The van der Waals surface area contributed by atoms with Gasteiger partial charge in [0, 0.05) is 16.0 Å². The summed E-state index contributed by atoms with van der Waals surface area (Å²) in [4.78, 5) is 12.1. The highest BCUT2D eigenvalue weighted by Crippen LogP contribution is 2.41. The standard InChI is InChI=1S/C13H15BrO/c1-7-4-10(7)13(15)11-5-9(3)12(14)6-8(11)2/h5-7,10H,4H2,1-3H3. The number of carbonyl (C=O) groups is 1. The largest absolute Gasteiger partial charge is 0.294 e. The number of hydrogen-bond acceptors (Lipinski definition) is 1. The van der Waals surface area contributed by atoms with E-state index in [1.54, 1.807) is 0 Å². The Balaban J connectivity index is 2.36. The number of Topliss-reactive ketones (excluding diaryl/α,β-unsaturated/α-hetero) is 1. The topological polar surface area (TPSA) is 17.1 Å². The lowest BCUT2D eigenvalue weighted by Crippen LogP contribution is -2.05. The van der Waals surface area contributed by atoms with Crippen molar-refractivity contribution in [2.45, 2.75) is 27.2 Å². The van der Waals surface area contributed by atoms with Crippen LogP contribution in [0.15, 0.2) is 16.6 Å². The van der Waals surface area contributed by atoms with Gasteiger partial charge in [0.1, 0.15) is 0 Å². The number of ketones is 1. The van der Waals surface area contributed by atoms with Gasteiger partial charge in [-0.15, -0.1) is 0 Å². The third-order valence-electron chi connectivity index (χ3n) is 3.22. The van der Waals surface area contributed by atoms with Crippen LogP contribution in [0, 0.1) is 25.7 Å². The molecule has 0 heterocycles. The predicted octanol–water partition coefficient (Wildman–Crippen LogP) is 3.90. The van der Waals surface area contributed by atoms with E-state index in [-0.39, 0.29) is 5.92 Å². The highest BCUT2D eigenvalue weighted by atomic mass is 79.9. The summed E-state index contributed by atoms with van der Waals surface area (Å²) in [6.45, 7) is 6.17. The molecule has 1 aromatic rings. The lowest BCUT2D eigenvalue weighted by Gasteiger charge is -2.07. The molecule has 0 N–H and O–H groups in total. The van der Waals surface area contributed by atoms with Crippen LogP contribution >= 0.6 is 15.9 Å². The van der Waals surface area contributed by atoms with Crippen LogP contribution in [0.2, 0.25) is 0 Å². The molecule has 0 bridgehead atoms. The lowest BCUT2D eigenvalue weighted by molar-refractivity contribution is 0.0961. The van der Waals surface area contributed by atoms with Gasteiger partial charge in [-0.25, -0.2) is 0 Å². The number of carbonyl (C=O) groups excluding carboxylic acids is 1. The van der Waals surface area contributed by atoms with Gasteiger partial charge >= 0.3 is 0 Å². The fourth-order valence-electron chi connectivity index (χ4n) is 1.93. The molecule has 0 amide bonds. The highest BCUT2D eigenvalue weighted by molar-refractivity contribution is 9.10. The molecular weight excluding hydrogens is 252 g/mol. The monoisotopic (exact) mass is 266 g/mol. The van der Waals surface area contributed by atoms with Gasteiger partial charge in [-0.05, 0) is 49.4 Å². The molecule has 1 nitrogen and oxygen atoms in total. The van der Waals surface area contributed by atoms with E-state index in [9.17, 15) is 4.79 Å². The Bertz CT molecular complexity index is 423. The Hall–Kier alpha value is -0.630. The first-order chi connectivity index (χ1) is 7.00. The van der Waals surface area contributed by atoms with Gasteiger partial charge in [0.2, 0.25) is 0 Å². The van der Waals surface area contributed by atoms with E-state index >= 15 is 0 Å². The molecule has 2 rings (SSSR count). The molecule has 1 aromatic carbocycles. The van der Waals surface area contributed by atoms with E-state index in [2.05, 4.69) is 22.9 Å². The zero-order valence-corrected chi connectivity index (χ0v) is 10.9. The van der Waals surface area contributed by atoms with Crippen LogP contribution in [0.1, 0.15) is 34.8 Å². The number of benzene rings is 1. The van der Waals surface area contributed by atoms with Gasteiger partial charge in [-0.1, -0.05) is 22.9 Å². The number of rotatable bonds is 2. The Kier molecular flexibility index (Phi) is 2.72. The molecule has 2 unspecified atom stereocenters. The van der Waals surface area contributed by atoms with Gasteiger partial charge in [0.15, 0.2) is 5.78 Å². The minimum atomic E-state index is 0.282. The van der Waals surface area contributed by atoms with Crippen LogP contribution < -0.4 is 0 Å². The van der Waals surface area contributed by atoms with E-state index < -0.39 is 0 Å². The van der Waals surface area contributed by atoms with Crippen molar-refractivity contribution in [3.8, 4) is 0 Å². The van der Waals surface area contributed by atoms with Gasteiger partial charge in [-0.3, -0.25) is 4.79 Å². The van der Waals surface area contributed by atoms with Crippen LogP contribution in [0.4, 0.5) is 0 Å². The molecule has 1 aliphatic carbocycles. The molecule has 15 heavy (non-hydrogen) atoms. The summed E-state index contributed by atoms with van der Waals surface area (Å²) in [5.41, 5.74) is 3.12. The van der Waals surface area contributed by atoms with Crippen molar-refractivity contribution in [1.82, 2.24) is 0 Å². The van der Waals surface area contributed by atoms with E-state index in [1.165, 1.54) is 0 Å². The minimum Gasteiger partial charge on any atom is -0.294 e. The third-order valence-corrected chi connectivity index (χ3v) is 4.07. The summed E-state index contributed by atoms with van der Waals surface area (Å²) in [7, 11) is 0. The first kappa shape index (κ1) is 10.9. The second kappa shape index (κ2) is 3.75. The molecule has 0 aliphatic heterocycles. The van der Waals surface area contributed by atoms with Gasteiger partial charge in [0.05, 0.1) is 0 Å². The first-order valence-corrected chi connectivity index (χ1v) is 6.11. The first-order valence-electron chi connectivity index (χ1n) is 5.31. The molecule has 2 heteroatoms. The predicted molar refractivity (Wildman–Crippen MR) is 65.2 cm³/mol. The van der Waals surface area contributed by atoms with Crippen molar-refractivity contribution < 1.29 is 4.79 Å². The Morgan fingerprint density at radius 1 is 1.33 bits per heavy atom. The van der Waals surface area contributed by atoms with Crippen molar-refractivity contribution in [1.29, 1.82) is 0 Å². The molecule has 2 atom stereocenters. The average molecular weight is 267 g/mol. The normalized spacial score (nSPS) is 24.0. The van der Waals surface area contributed by atoms with E-state index in [0.29, 0.717) is 11.7 Å². The minimum absolute atomic E-state index is 0.282. The molecule has 1 saturated carbocycles. The van der Waals surface area contributed by atoms with E-state index in [1.807, 2.05) is 26.0 Å². The molecular formula is C13H15BrO. The quantitative estimate of drug-likeness (QED) is 0.742. The summed E-state index contributed by atoms with van der Waals surface area (Å²) in [5.74, 6) is 1.20. The molecule has 0 aromatic heterocycles. The van der Waals surface area contributed by atoms with Crippen LogP contribution in [0.25, 0.3) is 0 Å². The summed E-state index contributed by atoms with van der Waals surface area (Å²) in [6, 6.07) is 4.04. The van der Waals surface area contributed by atoms with Crippen LogP contribution in [-0.2, 0) is 0 Å². The lowest BCUT2D eigenvalue weighted by atomic mass is 9.99. The smallest absolute Gasteiger partial charge is 0.166 e. The fraction of sp³-hybridized carbons (Fsp3) is 0.462. The van der Waals surface area contributed by atoms with Crippen molar-refractivity contribution in [3.05, 3.63) is 33.3 Å². The second-order valence-electron chi connectivity index (χ2n) is 4.60. The van der Waals surface area contributed by atoms with Crippen LogP contribution in [-0.4, -0.2) is 5.78 Å². The third kappa shape index (κ3) is 2.00. The zero-order chi connectivity index (χ0) is 11.2. The van der Waals surface area contributed by atoms with Crippen molar-refractivity contribution in [3.63, 3.8) is 0 Å². The highest BCUT2D eigenvalue weighted by Gasteiger charge is 2.39. The Labute approximate surface area is 99.0 Å². The summed E-state index contributed by atoms with van der Waals surface area (Å²) >= 11 is 3.48. The van der Waals surface area contributed by atoms with Crippen LogP contribution in [0.5, 0.6) is 0 Å². The SMILES string of the molecule is Cc1cc(C(=O)C2CC2C)c(C)cc1Br. The maximum Gasteiger partial charge on any atom is 0.166 e. The van der Waals surface area contributed by atoms with E-state index in [0.717, 1.165) is 27.6 Å². The molecule has 1 aliphatic rings. The Morgan fingerprint density at radius 2 is 1.93 bits per heavy atom. The van der Waals surface area contributed by atoms with E-state index in [4.69, 9.17) is 0 Å². The maximum atomic E-state index is 12.1. The summed E-state index contributed by atoms with van der Waals surface area (Å²) in [6.07, 6.45) is 1.06. The van der Waals surface area contributed by atoms with Gasteiger partial charge < -0.3 is 0 Å². The van der Waals surface area contributed by atoms with Crippen molar-refractivity contribution in [2.75, 3.05) is 0 Å². The zero-order valence-electron chi connectivity index (χ0n) is 9.30. The maximum absolute atomic E-state index is 12.1. The van der Waals surface area contributed by atoms with Crippen molar-refractivity contribution in [2.24, 2.45) is 11.8 Å².